The molecule has 0 saturated carbocycles. The van der Waals surface area contributed by atoms with Gasteiger partial charge in [-0.05, 0) is 26.4 Å². The molecule has 0 spiro atoms. The molecular formula is C8H16N2O. The van der Waals surface area contributed by atoms with Crippen LogP contribution in [0.3, 0.4) is 0 Å². The lowest BCUT2D eigenvalue weighted by Crippen LogP contribution is -2.50. The van der Waals surface area contributed by atoms with Crippen molar-refractivity contribution in [3.05, 3.63) is 0 Å². The number of nitrogens with one attached hydrogen (secondary N) is 1. The van der Waals surface area contributed by atoms with Gasteiger partial charge in [0, 0.05) is 12.6 Å². The highest BCUT2D eigenvalue weighted by Gasteiger charge is 2.31. The number of ether oxygens (including phenoxy) is 1. The van der Waals surface area contributed by atoms with Crippen molar-refractivity contribution in [1.82, 2.24) is 10.2 Å². The summed E-state index contributed by atoms with van der Waals surface area (Å²) in [5, 5.41) is 3.15. The molecule has 1 N–H and O–H groups in total. The van der Waals surface area contributed by atoms with Gasteiger partial charge in [-0.2, -0.15) is 0 Å². The van der Waals surface area contributed by atoms with Gasteiger partial charge in [0.05, 0.1) is 6.61 Å². The first-order chi connectivity index (χ1) is 5.40. The van der Waals surface area contributed by atoms with Crippen LogP contribution in [0.25, 0.3) is 0 Å². The molecule has 2 heterocycles. The van der Waals surface area contributed by atoms with E-state index in [1.165, 1.54) is 19.4 Å². The summed E-state index contributed by atoms with van der Waals surface area (Å²) in [6, 6.07) is 0.722. The van der Waals surface area contributed by atoms with Crippen molar-refractivity contribution in [3.8, 4) is 0 Å². The zero-order chi connectivity index (χ0) is 7.68. The fourth-order valence-corrected chi connectivity index (χ4v) is 1.99. The van der Waals surface area contributed by atoms with E-state index < -0.39 is 0 Å². The third-order valence-electron chi connectivity index (χ3n) is 2.71. The van der Waals surface area contributed by atoms with Crippen LogP contribution in [0.5, 0.6) is 0 Å². The van der Waals surface area contributed by atoms with E-state index >= 15 is 0 Å². The summed E-state index contributed by atoms with van der Waals surface area (Å²) >= 11 is 0. The van der Waals surface area contributed by atoms with Gasteiger partial charge in [-0.3, -0.25) is 10.2 Å². The smallest absolute Gasteiger partial charge is 0.120 e. The normalized spacial score (nSPS) is 39.0. The molecule has 0 bridgehead atoms. The van der Waals surface area contributed by atoms with Crippen molar-refractivity contribution in [3.63, 3.8) is 0 Å². The standard InChI is InChI=1S/C8H16N2O/c1-9-8-5-10-4-2-3-7(10)6-11-8/h7-9H,2-6H2,1H3/t7-,8+/m0/s1. The first kappa shape index (κ1) is 7.53. The Kier molecular flexibility index (Phi) is 2.11. The molecule has 64 valence electrons. The van der Waals surface area contributed by atoms with E-state index in [9.17, 15) is 0 Å². The second-order valence-corrected chi connectivity index (χ2v) is 3.40. The molecule has 0 aromatic carbocycles. The first-order valence-corrected chi connectivity index (χ1v) is 4.43. The number of fused-ring (bicyclic) bond motifs is 1. The molecule has 0 aromatic heterocycles. The summed E-state index contributed by atoms with van der Waals surface area (Å²) in [6.07, 6.45) is 2.95. The van der Waals surface area contributed by atoms with Crippen molar-refractivity contribution < 1.29 is 4.74 Å². The quantitative estimate of drug-likeness (QED) is 0.579. The zero-order valence-corrected chi connectivity index (χ0v) is 7.05. The summed E-state index contributed by atoms with van der Waals surface area (Å²) < 4.78 is 5.59. The summed E-state index contributed by atoms with van der Waals surface area (Å²) in [6.45, 7) is 3.26. The highest BCUT2D eigenvalue weighted by atomic mass is 16.5. The van der Waals surface area contributed by atoms with Gasteiger partial charge in [0.2, 0.25) is 0 Å². The Bertz CT molecular complexity index is 140. The maximum absolute atomic E-state index is 5.59. The van der Waals surface area contributed by atoms with E-state index in [4.69, 9.17) is 4.74 Å². The topological polar surface area (TPSA) is 24.5 Å². The van der Waals surface area contributed by atoms with E-state index in [0.29, 0.717) is 0 Å². The Balaban J connectivity index is 1.91. The molecule has 2 fully saturated rings. The van der Waals surface area contributed by atoms with Gasteiger partial charge in [0.15, 0.2) is 0 Å². The molecule has 2 atom stereocenters. The van der Waals surface area contributed by atoms with Crippen LogP contribution in [0.1, 0.15) is 12.8 Å². The van der Waals surface area contributed by atoms with E-state index in [1.54, 1.807) is 0 Å². The molecule has 11 heavy (non-hydrogen) atoms. The third-order valence-corrected chi connectivity index (χ3v) is 2.71. The molecule has 3 nitrogen and oxygen atoms in total. The number of likely N-dealkylation sites (N-methyl/N-ethyl adjacent to an activating group) is 1. The van der Waals surface area contributed by atoms with Gasteiger partial charge in [0.1, 0.15) is 6.23 Å². The van der Waals surface area contributed by atoms with E-state index in [-0.39, 0.29) is 6.23 Å². The van der Waals surface area contributed by atoms with Crippen LogP contribution in [-0.4, -0.2) is 43.9 Å². The lowest BCUT2D eigenvalue weighted by Gasteiger charge is -2.34. The molecule has 0 aliphatic carbocycles. The van der Waals surface area contributed by atoms with Gasteiger partial charge in [-0.15, -0.1) is 0 Å². The van der Waals surface area contributed by atoms with Gasteiger partial charge in [-0.25, -0.2) is 0 Å². The minimum atomic E-state index is 0.268. The maximum Gasteiger partial charge on any atom is 0.120 e. The predicted octanol–water partition coefficient (Wildman–Crippen LogP) is 0.0265. The Morgan fingerprint density at radius 3 is 3.27 bits per heavy atom. The van der Waals surface area contributed by atoms with E-state index in [2.05, 4.69) is 10.2 Å². The van der Waals surface area contributed by atoms with Crippen molar-refractivity contribution in [1.29, 1.82) is 0 Å². The van der Waals surface area contributed by atoms with Gasteiger partial charge >= 0.3 is 0 Å². The average molecular weight is 156 g/mol. The molecule has 0 unspecified atom stereocenters. The average Bonchev–Trinajstić information content (AvgIpc) is 2.50. The fraction of sp³-hybridized carbons (Fsp3) is 1.00. The van der Waals surface area contributed by atoms with Crippen molar-refractivity contribution >= 4 is 0 Å². The summed E-state index contributed by atoms with van der Waals surface area (Å²) in [5.41, 5.74) is 0. The highest BCUT2D eigenvalue weighted by molar-refractivity contribution is 4.83. The molecule has 0 radical (unpaired) electrons. The third kappa shape index (κ3) is 1.41. The number of nitrogens with zero attached hydrogens (tertiary/aromatic N) is 1. The van der Waals surface area contributed by atoms with Crippen LogP contribution in [0.15, 0.2) is 0 Å². The van der Waals surface area contributed by atoms with Crippen molar-refractivity contribution in [2.24, 2.45) is 0 Å². The van der Waals surface area contributed by atoms with Crippen LogP contribution in [0.4, 0.5) is 0 Å². The number of hydrogen-bond acceptors (Lipinski definition) is 3. The second-order valence-electron chi connectivity index (χ2n) is 3.40. The number of morpholine rings is 1. The van der Waals surface area contributed by atoms with Crippen LogP contribution in [0.2, 0.25) is 0 Å². The highest BCUT2D eigenvalue weighted by Crippen LogP contribution is 2.21. The lowest BCUT2D eigenvalue weighted by atomic mass is 10.2. The summed E-state index contributed by atoms with van der Waals surface area (Å²) in [7, 11) is 1.96. The SMILES string of the molecule is CN[C@H]1CN2CCC[C@H]2CO1. The number of rotatable bonds is 1. The minimum Gasteiger partial charge on any atom is -0.360 e. The van der Waals surface area contributed by atoms with Gasteiger partial charge in [-0.1, -0.05) is 0 Å². The first-order valence-electron chi connectivity index (χ1n) is 4.43. The molecule has 2 aliphatic rings. The van der Waals surface area contributed by atoms with Gasteiger partial charge < -0.3 is 4.74 Å². The van der Waals surface area contributed by atoms with E-state index in [0.717, 1.165) is 19.2 Å². The maximum atomic E-state index is 5.59. The second kappa shape index (κ2) is 3.09. The molecule has 2 aliphatic heterocycles. The van der Waals surface area contributed by atoms with Crippen LogP contribution >= 0.6 is 0 Å². The summed E-state index contributed by atoms with van der Waals surface area (Å²) in [4.78, 5) is 2.53. The van der Waals surface area contributed by atoms with Crippen LogP contribution < -0.4 is 5.32 Å². The molecule has 2 rings (SSSR count). The molecule has 2 saturated heterocycles. The van der Waals surface area contributed by atoms with E-state index in [1.807, 2.05) is 7.05 Å². The molecule has 0 amide bonds. The summed E-state index contributed by atoms with van der Waals surface area (Å²) in [5.74, 6) is 0. The minimum absolute atomic E-state index is 0.268. The molecular weight excluding hydrogens is 140 g/mol. The Morgan fingerprint density at radius 2 is 2.45 bits per heavy atom. The van der Waals surface area contributed by atoms with Crippen LogP contribution in [-0.2, 0) is 4.74 Å². The van der Waals surface area contributed by atoms with Crippen LogP contribution in [0, 0.1) is 0 Å². The largest absolute Gasteiger partial charge is 0.360 e. The fourth-order valence-electron chi connectivity index (χ4n) is 1.99. The predicted molar refractivity (Wildman–Crippen MR) is 43.4 cm³/mol. The monoisotopic (exact) mass is 156 g/mol. The Hall–Kier alpha value is -0.120. The Morgan fingerprint density at radius 1 is 1.55 bits per heavy atom. The van der Waals surface area contributed by atoms with Gasteiger partial charge in [0.25, 0.3) is 0 Å². The molecule has 0 aromatic rings. The molecule has 3 heteroatoms. The van der Waals surface area contributed by atoms with Crippen molar-refractivity contribution in [2.75, 3.05) is 26.7 Å². The number of hydrogen-bond donors (Lipinski definition) is 1. The van der Waals surface area contributed by atoms with Crippen molar-refractivity contribution in [2.45, 2.75) is 25.1 Å². The zero-order valence-electron chi connectivity index (χ0n) is 7.05. The lowest BCUT2D eigenvalue weighted by molar-refractivity contribution is -0.0604. The Labute approximate surface area is 67.7 Å².